The minimum Gasteiger partial charge on any atom is -0.443 e. The van der Waals surface area contributed by atoms with Gasteiger partial charge in [-0.3, -0.25) is 14.6 Å². The Morgan fingerprint density at radius 1 is 1.16 bits per heavy atom. The number of carbonyl (C=O) groups excluding carboxylic acids is 2. The summed E-state index contributed by atoms with van der Waals surface area (Å²) in [6.07, 6.45) is 5.47. The van der Waals surface area contributed by atoms with E-state index in [0.717, 1.165) is 0 Å². The Hall–Kier alpha value is -3.88. The zero-order valence-corrected chi connectivity index (χ0v) is 17.9. The second kappa shape index (κ2) is 8.70. The van der Waals surface area contributed by atoms with Crippen LogP contribution >= 0.6 is 0 Å². The van der Waals surface area contributed by atoms with Gasteiger partial charge in [0.05, 0.1) is 29.2 Å². The fourth-order valence-corrected chi connectivity index (χ4v) is 3.48. The minimum atomic E-state index is -0.512. The molecule has 0 aliphatic carbocycles. The van der Waals surface area contributed by atoms with E-state index in [1.54, 1.807) is 43.1 Å². The number of benzene rings is 1. The summed E-state index contributed by atoms with van der Waals surface area (Å²) in [5, 5.41) is 7.86. The van der Waals surface area contributed by atoms with Crippen LogP contribution in [-0.4, -0.2) is 31.4 Å². The molecule has 0 bridgehead atoms. The van der Waals surface area contributed by atoms with Crippen molar-refractivity contribution in [1.29, 1.82) is 0 Å². The number of carbonyl (C=O) groups is 2. The Morgan fingerprint density at radius 3 is 2.59 bits per heavy atom. The van der Waals surface area contributed by atoms with Crippen molar-refractivity contribution >= 4 is 22.6 Å². The lowest BCUT2D eigenvalue weighted by Gasteiger charge is -2.14. The fourth-order valence-electron chi connectivity index (χ4n) is 3.48. The van der Waals surface area contributed by atoms with Gasteiger partial charge in [-0.1, -0.05) is 13.8 Å². The molecule has 1 aromatic carbocycles. The standard InChI is InChI=1S/C23H22FN5O3/c1-4-18(23-28-21(13(3)32-23)20(30)5-2)27-22(31)17-10-25-12-19-16(17)11-26-29(19)15-8-6-14(24)7-9-15/h6-12,18H,4-5H2,1-3H3,(H,27,31). The van der Waals surface area contributed by atoms with Crippen molar-refractivity contribution in [3.05, 3.63) is 71.6 Å². The van der Waals surface area contributed by atoms with Crippen molar-refractivity contribution in [3.8, 4) is 5.69 Å². The Morgan fingerprint density at radius 2 is 1.91 bits per heavy atom. The molecule has 4 aromatic rings. The smallest absolute Gasteiger partial charge is 0.254 e. The van der Waals surface area contributed by atoms with E-state index in [2.05, 4.69) is 20.4 Å². The number of aromatic nitrogens is 4. The van der Waals surface area contributed by atoms with Crippen molar-refractivity contribution in [1.82, 2.24) is 25.1 Å². The molecule has 3 heterocycles. The number of amides is 1. The van der Waals surface area contributed by atoms with Crippen molar-refractivity contribution in [2.75, 3.05) is 0 Å². The molecule has 1 unspecified atom stereocenters. The van der Waals surface area contributed by atoms with Crippen LogP contribution in [0.25, 0.3) is 16.6 Å². The number of nitrogens with zero attached hydrogens (tertiary/aromatic N) is 4. The van der Waals surface area contributed by atoms with E-state index in [0.29, 0.717) is 46.4 Å². The number of aryl methyl sites for hydroxylation is 1. The van der Waals surface area contributed by atoms with Gasteiger partial charge >= 0.3 is 0 Å². The molecule has 9 heteroatoms. The Balaban J connectivity index is 1.64. The lowest BCUT2D eigenvalue weighted by molar-refractivity contribution is 0.0929. The van der Waals surface area contributed by atoms with E-state index in [1.807, 2.05) is 6.92 Å². The minimum absolute atomic E-state index is 0.110. The zero-order chi connectivity index (χ0) is 22.8. The van der Waals surface area contributed by atoms with Crippen molar-refractivity contribution in [2.45, 2.75) is 39.7 Å². The average molecular weight is 435 g/mol. The molecular weight excluding hydrogens is 413 g/mol. The molecule has 1 N–H and O–H groups in total. The highest BCUT2D eigenvalue weighted by Crippen LogP contribution is 2.24. The predicted molar refractivity (Wildman–Crippen MR) is 115 cm³/mol. The molecule has 0 aliphatic rings. The lowest BCUT2D eigenvalue weighted by atomic mass is 10.1. The lowest BCUT2D eigenvalue weighted by Crippen LogP contribution is -2.28. The average Bonchev–Trinajstić information content (AvgIpc) is 3.41. The van der Waals surface area contributed by atoms with Gasteiger partial charge in [0, 0.05) is 18.0 Å². The molecule has 1 amide bonds. The SMILES string of the molecule is CCC(=O)c1nc(C(CC)NC(=O)c2cncc3c2cnn3-c2ccc(F)cc2)oc1C. The summed E-state index contributed by atoms with van der Waals surface area (Å²) in [7, 11) is 0. The molecule has 0 saturated heterocycles. The van der Waals surface area contributed by atoms with Gasteiger partial charge in [-0.15, -0.1) is 0 Å². The maximum absolute atomic E-state index is 13.3. The first-order valence-corrected chi connectivity index (χ1v) is 10.3. The topological polar surface area (TPSA) is 103 Å². The summed E-state index contributed by atoms with van der Waals surface area (Å²) >= 11 is 0. The third-order valence-corrected chi connectivity index (χ3v) is 5.22. The monoisotopic (exact) mass is 435 g/mol. The molecule has 0 aliphatic heterocycles. The molecule has 32 heavy (non-hydrogen) atoms. The second-order valence-electron chi connectivity index (χ2n) is 7.32. The van der Waals surface area contributed by atoms with Crippen LogP contribution < -0.4 is 5.32 Å². The number of hydrogen-bond donors (Lipinski definition) is 1. The number of rotatable bonds is 7. The van der Waals surface area contributed by atoms with Crippen LogP contribution in [0.3, 0.4) is 0 Å². The van der Waals surface area contributed by atoms with Crippen LogP contribution in [0.1, 0.15) is 65.2 Å². The first-order chi connectivity index (χ1) is 15.4. The molecule has 8 nitrogen and oxygen atoms in total. The number of Topliss-reactive ketones (excluding diaryl/α,β-unsaturated/α-hetero) is 1. The Bertz CT molecular complexity index is 1290. The quantitative estimate of drug-likeness (QED) is 0.434. The molecule has 3 aromatic heterocycles. The molecule has 0 radical (unpaired) electrons. The van der Waals surface area contributed by atoms with E-state index >= 15 is 0 Å². The predicted octanol–water partition coefficient (Wildman–Crippen LogP) is 4.33. The summed E-state index contributed by atoms with van der Waals surface area (Å²) < 4.78 is 20.5. The molecule has 0 spiro atoms. The normalized spacial score (nSPS) is 12.1. The van der Waals surface area contributed by atoms with Gasteiger partial charge in [-0.25, -0.2) is 14.1 Å². The van der Waals surface area contributed by atoms with Gasteiger partial charge in [0.2, 0.25) is 5.89 Å². The van der Waals surface area contributed by atoms with Gasteiger partial charge in [0.1, 0.15) is 23.3 Å². The van der Waals surface area contributed by atoms with Gasteiger partial charge in [0.15, 0.2) is 5.78 Å². The van der Waals surface area contributed by atoms with E-state index in [4.69, 9.17) is 4.42 Å². The highest BCUT2D eigenvalue weighted by Gasteiger charge is 2.24. The molecule has 0 fully saturated rings. The van der Waals surface area contributed by atoms with Gasteiger partial charge in [-0.05, 0) is 37.6 Å². The number of hydrogen-bond acceptors (Lipinski definition) is 6. The first kappa shape index (κ1) is 21.4. The van der Waals surface area contributed by atoms with Crippen LogP contribution in [0.2, 0.25) is 0 Å². The third-order valence-electron chi connectivity index (χ3n) is 5.22. The van der Waals surface area contributed by atoms with Gasteiger partial charge < -0.3 is 9.73 Å². The van der Waals surface area contributed by atoms with Crippen molar-refractivity contribution in [2.24, 2.45) is 0 Å². The van der Waals surface area contributed by atoms with E-state index in [-0.39, 0.29) is 23.4 Å². The summed E-state index contributed by atoms with van der Waals surface area (Å²) in [5.74, 6) is -0.102. The number of nitrogens with one attached hydrogen (secondary N) is 1. The maximum Gasteiger partial charge on any atom is 0.254 e. The summed E-state index contributed by atoms with van der Waals surface area (Å²) in [4.78, 5) is 33.6. The zero-order valence-electron chi connectivity index (χ0n) is 17.9. The van der Waals surface area contributed by atoms with Gasteiger partial charge in [0.25, 0.3) is 5.91 Å². The summed E-state index contributed by atoms with van der Waals surface area (Å²) in [6.45, 7) is 5.33. The van der Waals surface area contributed by atoms with Crippen LogP contribution in [0.5, 0.6) is 0 Å². The van der Waals surface area contributed by atoms with E-state index < -0.39 is 6.04 Å². The highest BCUT2D eigenvalue weighted by atomic mass is 19.1. The van der Waals surface area contributed by atoms with Crippen LogP contribution in [0.15, 0.2) is 47.3 Å². The molecule has 0 saturated carbocycles. The van der Waals surface area contributed by atoms with Gasteiger partial charge in [-0.2, -0.15) is 5.10 Å². The van der Waals surface area contributed by atoms with Crippen molar-refractivity contribution < 1.29 is 18.4 Å². The Kier molecular flexibility index (Phi) is 5.81. The molecular formula is C23H22FN5O3. The number of ketones is 1. The van der Waals surface area contributed by atoms with Crippen molar-refractivity contribution in [3.63, 3.8) is 0 Å². The number of pyridine rings is 1. The van der Waals surface area contributed by atoms with Crippen LogP contribution in [-0.2, 0) is 0 Å². The molecule has 164 valence electrons. The largest absolute Gasteiger partial charge is 0.443 e. The number of halogens is 1. The summed E-state index contributed by atoms with van der Waals surface area (Å²) in [5.41, 5.74) is 1.89. The number of oxazole rings is 1. The fraction of sp³-hybridized carbons (Fsp3) is 0.261. The van der Waals surface area contributed by atoms with Crippen LogP contribution in [0.4, 0.5) is 4.39 Å². The maximum atomic E-state index is 13.3. The number of fused-ring (bicyclic) bond motifs is 1. The Labute approximate surface area is 183 Å². The first-order valence-electron chi connectivity index (χ1n) is 10.3. The second-order valence-corrected chi connectivity index (χ2v) is 7.32. The molecule has 1 atom stereocenters. The summed E-state index contributed by atoms with van der Waals surface area (Å²) in [6, 6.07) is 5.37. The van der Waals surface area contributed by atoms with E-state index in [1.165, 1.54) is 18.3 Å². The van der Waals surface area contributed by atoms with Crippen LogP contribution in [0, 0.1) is 12.7 Å². The highest BCUT2D eigenvalue weighted by molar-refractivity contribution is 6.06. The third kappa shape index (κ3) is 3.89. The molecule has 4 rings (SSSR count). The van der Waals surface area contributed by atoms with E-state index in [9.17, 15) is 14.0 Å².